The van der Waals surface area contributed by atoms with Gasteiger partial charge in [0.2, 0.25) is 0 Å². The molecule has 19 heavy (non-hydrogen) atoms. The van der Waals surface area contributed by atoms with E-state index in [2.05, 4.69) is 10.1 Å². The summed E-state index contributed by atoms with van der Waals surface area (Å²) in [6.45, 7) is 1.98. The van der Waals surface area contributed by atoms with E-state index in [1.165, 1.54) is 11.3 Å². The van der Waals surface area contributed by atoms with Crippen molar-refractivity contribution in [2.45, 2.75) is 32.4 Å². The normalized spacial score (nSPS) is 12.0. The number of rotatable bonds is 4. The molecule has 0 unspecified atom stereocenters. The van der Waals surface area contributed by atoms with Crippen LogP contribution in [0.25, 0.3) is 11.5 Å². The van der Waals surface area contributed by atoms with Gasteiger partial charge in [0.25, 0.3) is 5.89 Å². The molecule has 0 radical (unpaired) electrons. The number of hydrogen-bond donors (Lipinski definition) is 1. The fourth-order valence-electron chi connectivity index (χ4n) is 1.52. The third-order valence-corrected chi connectivity index (χ3v) is 3.60. The second kappa shape index (κ2) is 5.20. The number of aromatic nitrogens is 2. The molecule has 8 heteroatoms. The maximum atomic E-state index is 12.1. The summed E-state index contributed by atoms with van der Waals surface area (Å²) in [5, 5.41) is 4.07. The van der Waals surface area contributed by atoms with Gasteiger partial charge < -0.3 is 10.3 Å². The Balaban J connectivity index is 2.14. The second-order valence-corrected chi connectivity index (χ2v) is 5.14. The number of nitrogens with two attached hydrogens (primary N) is 1. The molecule has 0 aliphatic carbocycles. The first kappa shape index (κ1) is 13.9. The highest BCUT2D eigenvalue weighted by molar-refractivity contribution is 7.16. The van der Waals surface area contributed by atoms with Crippen LogP contribution in [-0.4, -0.2) is 16.3 Å². The molecule has 0 fully saturated rings. The van der Waals surface area contributed by atoms with E-state index >= 15 is 0 Å². The van der Waals surface area contributed by atoms with Gasteiger partial charge in [-0.05, 0) is 12.5 Å². The zero-order chi connectivity index (χ0) is 14.0. The van der Waals surface area contributed by atoms with Gasteiger partial charge in [0.15, 0.2) is 5.82 Å². The lowest BCUT2D eigenvalue weighted by molar-refractivity contribution is -0.134. The summed E-state index contributed by atoms with van der Waals surface area (Å²) in [6, 6.07) is 1.82. The molecule has 104 valence electrons. The van der Waals surface area contributed by atoms with E-state index in [-0.39, 0.29) is 18.1 Å². The number of nitrogen functional groups attached to an aromatic ring is 1. The molecule has 2 aromatic rings. The highest BCUT2D eigenvalue weighted by Crippen LogP contribution is 2.33. The van der Waals surface area contributed by atoms with E-state index in [0.717, 1.165) is 11.3 Å². The van der Waals surface area contributed by atoms with Gasteiger partial charge in [-0.25, -0.2) is 0 Å². The summed E-state index contributed by atoms with van der Waals surface area (Å²) in [5.41, 5.74) is 6.40. The molecule has 0 saturated carbocycles. The fourth-order valence-corrected chi connectivity index (χ4v) is 2.38. The number of alkyl halides is 3. The molecule has 0 aromatic carbocycles. The van der Waals surface area contributed by atoms with E-state index in [1.54, 1.807) is 0 Å². The maximum absolute atomic E-state index is 12.1. The summed E-state index contributed by atoms with van der Waals surface area (Å²) >= 11 is 1.41. The first-order valence-electron chi connectivity index (χ1n) is 5.67. The van der Waals surface area contributed by atoms with Gasteiger partial charge in [-0.2, -0.15) is 18.2 Å². The summed E-state index contributed by atoms with van der Waals surface area (Å²) in [6.07, 6.45) is -4.66. The molecule has 4 nitrogen and oxygen atoms in total. The Morgan fingerprint density at radius 3 is 2.74 bits per heavy atom. The number of thiophene rings is 1. The minimum absolute atomic E-state index is 0.0379. The first-order valence-corrected chi connectivity index (χ1v) is 6.48. The zero-order valence-electron chi connectivity index (χ0n) is 10.1. The Kier molecular flexibility index (Phi) is 3.79. The predicted octanol–water partition coefficient (Wildman–Crippen LogP) is 3.44. The van der Waals surface area contributed by atoms with Crippen molar-refractivity contribution in [2.75, 3.05) is 5.73 Å². The van der Waals surface area contributed by atoms with Crippen molar-refractivity contribution in [3.8, 4) is 11.5 Å². The monoisotopic (exact) mass is 291 g/mol. The molecule has 0 amide bonds. The van der Waals surface area contributed by atoms with Crippen LogP contribution in [0.3, 0.4) is 0 Å². The van der Waals surface area contributed by atoms with E-state index < -0.39 is 12.6 Å². The van der Waals surface area contributed by atoms with Crippen LogP contribution in [-0.2, 0) is 12.8 Å². The van der Waals surface area contributed by atoms with E-state index in [4.69, 9.17) is 10.3 Å². The number of nitrogens with zero attached hydrogens (tertiary/aromatic N) is 2. The van der Waals surface area contributed by atoms with Crippen molar-refractivity contribution in [3.05, 3.63) is 16.8 Å². The van der Waals surface area contributed by atoms with Gasteiger partial charge in [0.1, 0.15) is 0 Å². The van der Waals surface area contributed by atoms with E-state index in [9.17, 15) is 13.2 Å². The minimum atomic E-state index is -4.22. The highest BCUT2D eigenvalue weighted by atomic mass is 32.1. The van der Waals surface area contributed by atoms with E-state index in [0.29, 0.717) is 10.6 Å². The number of halogens is 3. The van der Waals surface area contributed by atoms with Crippen LogP contribution in [0, 0.1) is 0 Å². The van der Waals surface area contributed by atoms with Crippen LogP contribution in [0.4, 0.5) is 18.2 Å². The Hall–Kier alpha value is -1.57. The lowest BCUT2D eigenvalue weighted by atomic mass is 10.2. The molecular weight excluding hydrogens is 279 g/mol. The molecule has 0 bridgehead atoms. The quantitative estimate of drug-likeness (QED) is 0.937. The minimum Gasteiger partial charge on any atom is -0.390 e. The summed E-state index contributed by atoms with van der Waals surface area (Å²) in [7, 11) is 0. The topological polar surface area (TPSA) is 64.9 Å². The van der Waals surface area contributed by atoms with Crippen molar-refractivity contribution < 1.29 is 17.7 Å². The van der Waals surface area contributed by atoms with Gasteiger partial charge in [-0.15, -0.1) is 11.3 Å². The van der Waals surface area contributed by atoms with Crippen molar-refractivity contribution in [1.29, 1.82) is 0 Å². The molecule has 0 aliphatic heterocycles. The van der Waals surface area contributed by atoms with Crippen molar-refractivity contribution in [1.82, 2.24) is 10.1 Å². The standard InChI is InChI=1S/C11H12F3N3OS/c1-2-6-5-7(9(15)19-6)10-16-8(17-18-10)3-4-11(12,13)14/h5H,2-4,15H2,1H3. The largest absolute Gasteiger partial charge is 0.390 e. The Morgan fingerprint density at radius 1 is 1.42 bits per heavy atom. The number of hydrogen-bond acceptors (Lipinski definition) is 5. The van der Waals surface area contributed by atoms with E-state index in [1.807, 2.05) is 13.0 Å². The van der Waals surface area contributed by atoms with Crippen LogP contribution in [0.2, 0.25) is 0 Å². The van der Waals surface area contributed by atoms with Crippen molar-refractivity contribution in [2.24, 2.45) is 0 Å². The highest BCUT2D eigenvalue weighted by Gasteiger charge is 2.27. The summed E-state index contributed by atoms with van der Waals surface area (Å²) < 4.78 is 41.2. The molecule has 0 spiro atoms. The third-order valence-electron chi connectivity index (χ3n) is 2.49. The number of aryl methyl sites for hydroxylation is 2. The van der Waals surface area contributed by atoms with Crippen LogP contribution in [0.15, 0.2) is 10.6 Å². The predicted molar refractivity (Wildman–Crippen MR) is 65.8 cm³/mol. The van der Waals surface area contributed by atoms with Gasteiger partial charge in [-0.1, -0.05) is 12.1 Å². The van der Waals surface area contributed by atoms with Crippen LogP contribution in [0.1, 0.15) is 24.0 Å². The third kappa shape index (κ3) is 3.46. The zero-order valence-corrected chi connectivity index (χ0v) is 10.9. The molecule has 0 aliphatic rings. The van der Waals surface area contributed by atoms with Crippen molar-refractivity contribution in [3.63, 3.8) is 0 Å². The van der Waals surface area contributed by atoms with Crippen LogP contribution < -0.4 is 5.73 Å². The molecular formula is C11H12F3N3OS. The summed E-state index contributed by atoms with van der Waals surface area (Å²) in [5.74, 6) is 0.210. The first-order chi connectivity index (χ1) is 8.89. The van der Waals surface area contributed by atoms with Gasteiger partial charge in [0.05, 0.1) is 17.0 Å². The second-order valence-electron chi connectivity index (χ2n) is 3.98. The average Bonchev–Trinajstić information content (AvgIpc) is 2.91. The summed E-state index contributed by atoms with van der Waals surface area (Å²) in [4.78, 5) is 5.00. The molecule has 2 heterocycles. The van der Waals surface area contributed by atoms with Gasteiger partial charge in [-0.3, -0.25) is 0 Å². The van der Waals surface area contributed by atoms with Crippen molar-refractivity contribution >= 4 is 16.3 Å². The lowest BCUT2D eigenvalue weighted by Gasteiger charge is -2.01. The van der Waals surface area contributed by atoms with Crippen LogP contribution in [0.5, 0.6) is 0 Å². The molecule has 0 saturated heterocycles. The SMILES string of the molecule is CCc1cc(-c2nc(CCC(F)(F)F)no2)c(N)s1. The Morgan fingerprint density at radius 2 is 2.16 bits per heavy atom. The Labute approximate surface area is 111 Å². The smallest absolute Gasteiger partial charge is 0.389 e. The lowest BCUT2D eigenvalue weighted by Crippen LogP contribution is -2.09. The van der Waals surface area contributed by atoms with Gasteiger partial charge in [0, 0.05) is 11.3 Å². The molecule has 2 N–H and O–H groups in total. The number of anilines is 1. The molecule has 2 rings (SSSR count). The van der Waals surface area contributed by atoms with Gasteiger partial charge >= 0.3 is 6.18 Å². The maximum Gasteiger partial charge on any atom is 0.389 e. The average molecular weight is 291 g/mol. The fraction of sp³-hybridized carbons (Fsp3) is 0.455. The Bertz CT molecular complexity index is 562. The molecule has 2 aromatic heterocycles. The van der Waals surface area contributed by atoms with Crippen LogP contribution >= 0.6 is 11.3 Å². The molecule has 0 atom stereocenters.